The van der Waals surface area contributed by atoms with E-state index in [0.717, 1.165) is 29.7 Å². The lowest BCUT2D eigenvalue weighted by atomic mass is 9.98. The second-order valence-electron chi connectivity index (χ2n) is 6.35. The van der Waals surface area contributed by atoms with Crippen molar-refractivity contribution < 1.29 is 8.42 Å². The zero-order valence-corrected chi connectivity index (χ0v) is 14.0. The van der Waals surface area contributed by atoms with Gasteiger partial charge in [0, 0.05) is 12.6 Å². The number of benzene rings is 1. The third kappa shape index (κ3) is 3.77. The van der Waals surface area contributed by atoms with Gasteiger partial charge in [0.15, 0.2) is 0 Å². The molecule has 4 nitrogen and oxygen atoms in total. The molecule has 5 heteroatoms. The molecule has 1 aromatic carbocycles. The molecule has 0 radical (unpaired) electrons. The number of hydrogen-bond donors (Lipinski definition) is 1. The van der Waals surface area contributed by atoms with Crippen LogP contribution < -0.4 is 10.0 Å². The smallest absolute Gasteiger partial charge is 0.235 e. The monoisotopic (exact) mass is 310 g/mol. The van der Waals surface area contributed by atoms with Gasteiger partial charge in [0.2, 0.25) is 10.0 Å². The van der Waals surface area contributed by atoms with Gasteiger partial charge in [-0.1, -0.05) is 26.0 Å². The van der Waals surface area contributed by atoms with Crippen LogP contribution in [0.15, 0.2) is 18.2 Å². The van der Waals surface area contributed by atoms with E-state index in [-0.39, 0.29) is 11.8 Å². The second-order valence-corrected chi connectivity index (χ2v) is 8.36. The number of hydrogen-bond acceptors (Lipinski definition) is 3. The number of sulfonamides is 1. The van der Waals surface area contributed by atoms with Crippen LogP contribution in [0.2, 0.25) is 0 Å². The molecule has 21 heavy (non-hydrogen) atoms. The van der Waals surface area contributed by atoms with Gasteiger partial charge >= 0.3 is 0 Å². The normalized spacial score (nSPS) is 16.9. The first-order valence-corrected chi connectivity index (χ1v) is 9.31. The molecule has 2 N–H and O–H groups in total. The van der Waals surface area contributed by atoms with Gasteiger partial charge in [-0.25, -0.2) is 8.42 Å². The highest BCUT2D eigenvalue weighted by molar-refractivity contribution is 7.92. The van der Waals surface area contributed by atoms with Gasteiger partial charge < -0.3 is 5.73 Å². The molecule has 0 bridgehead atoms. The SMILES string of the molecule is CC(C)CCS(=O)(=O)N1CCCc2cc(C(C)N)ccc21. The zero-order chi connectivity index (χ0) is 15.6. The number of anilines is 1. The summed E-state index contributed by atoms with van der Waals surface area (Å²) in [4.78, 5) is 0. The Balaban J connectivity index is 2.30. The van der Waals surface area contributed by atoms with Crippen LogP contribution in [0.25, 0.3) is 0 Å². The molecule has 2 rings (SSSR count). The van der Waals surface area contributed by atoms with Crippen molar-refractivity contribution in [3.63, 3.8) is 0 Å². The van der Waals surface area contributed by atoms with Crippen LogP contribution in [0.3, 0.4) is 0 Å². The fourth-order valence-electron chi connectivity index (χ4n) is 2.65. The second kappa shape index (κ2) is 6.36. The Morgan fingerprint density at radius 2 is 2.00 bits per heavy atom. The first-order valence-electron chi connectivity index (χ1n) is 7.70. The average molecular weight is 310 g/mol. The van der Waals surface area contributed by atoms with Crippen LogP contribution in [0.4, 0.5) is 5.69 Å². The van der Waals surface area contributed by atoms with E-state index in [1.54, 1.807) is 4.31 Å². The maximum Gasteiger partial charge on any atom is 0.235 e. The summed E-state index contributed by atoms with van der Waals surface area (Å²) in [5.41, 5.74) is 8.92. The molecule has 1 aliphatic heterocycles. The van der Waals surface area contributed by atoms with Crippen LogP contribution >= 0.6 is 0 Å². The summed E-state index contributed by atoms with van der Waals surface area (Å²) >= 11 is 0. The van der Waals surface area contributed by atoms with E-state index >= 15 is 0 Å². The van der Waals surface area contributed by atoms with Crippen molar-refractivity contribution >= 4 is 15.7 Å². The molecular weight excluding hydrogens is 284 g/mol. The van der Waals surface area contributed by atoms with Crippen molar-refractivity contribution in [2.75, 3.05) is 16.6 Å². The van der Waals surface area contributed by atoms with Gasteiger partial charge in [-0.2, -0.15) is 0 Å². The fourth-order valence-corrected chi connectivity index (χ4v) is 4.52. The highest BCUT2D eigenvalue weighted by Crippen LogP contribution is 2.31. The fraction of sp³-hybridized carbons (Fsp3) is 0.625. The maximum absolute atomic E-state index is 12.6. The topological polar surface area (TPSA) is 63.4 Å². The van der Waals surface area contributed by atoms with Gasteiger partial charge in [-0.05, 0) is 49.3 Å². The first kappa shape index (κ1) is 16.3. The van der Waals surface area contributed by atoms with Gasteiger partial charge in [0.25, 0.3) is 0 Å². The summed E-state index contributed by atoms with van der Waals surface area (Å²) in [5.74, 6) is 0.614. The first-order chi connectivity index (χ1) is 9.81. The van der Waals surface area contributed by atoms with E-state index in [0.29, 0.717) is 18.9 Å². The van der Waals surface area contributed by atoms with Crippen LogP contribution in [0.1, 0.15) is 50.8 Å². The van der Waals surface area contributed by atoms with E-state index in [4.69, 9.17) is 5.73 Å². The Labute approximate surface area is 128 Å². The van der Waals surface area contributed by atoms with Crippen molar-refractivity contribution in [3.8, 4) is 0 Å². The third-order valence-corrected chi connectivity index (χ3v) is 5.80. The van der Waals surface area contributed by atoms with Crippen LogP contribution in [-0.2, 0) is 16.4 Å². The molecule has 0 aliphatic carbocycles. The molecule has 118 valence electrons. The lowest BCUT2D eigenvalue weighted by molar-refractivity contribution is 0.566. The van der Waals surface area contributed by atoms with Crippen molar-refractivity contribution in [1.29, 1.82) is 0 Å². The van der Waals surface area contributed by atoms with Gasteiger partial charge in [-0.3, -0.25) is 4.31 Å². The Morgan fingerprint density at radius 1 is 1.29 bits per heavy atom. The Kier molecular flexibility index (Phi) is 4.94. The summed E-state index contributed by atoms with van der Waals surface area (Å²) in [6.07, 6.45) is 2.49. The molecule has 0 saturated heterocycles. The number of fused-ring (bicyclic) bond motifs is 1. The lowest BCUT2D eigenvalue weighted by Gasteiger charge is -2.31. The van der Waals surface area contributed by atoms with Crippen molar-refractivity contribution in [1.82, 2.24) is 0 Å². The number of aryl methyl sites for hydroxylation is 1. The van der Waals surface area contributed by atoms with Crippen LogP contribution in [-0.4, -0.2) is 20.7 Å². The van der Waals surface area contributed by atoms with Crippen molar-refractivity contribution in [2.45, 2.75) is 46.1 Å². The average Bonchev–Trinajstić information content (AvgIpc) is 2.44. The minimum atomic E-state index is -3.22. The number of nitrogens with zero attached hydrogens (tertiary/aromatic N) is 1. The lowest BCUT2D eigenvalue weighted by Crippen LogP contribution is -2.37. The third-order valence-electron chi connectivity index (χ3n) is 3.99. The van der Waals surface area contributed by atoms with Gasteiger partial charge in [0.05, 0.1) is 11.4 Å². The molecule has 1 aromatic rings. The molecule has 0 saturated carbocycles. The molecule has 1 heterocycles. The largest absolute Gasteiger partial charge is 0.324 e. The minimum absolute atomic E-state index is 0.0248. The molecular formula is C16H26N2O2S. The van der Waals surface area contributed by atoms with Gasteiger partial charge in [-0.15, -0.1) is 0 Å². The quantitative estimate of drug-likeness (QED) is 0.909. The Bertz CT molecular complexity index is 594. The van der Waals surface area contributed by atoms with E-state index < -0.39 is 10.0 Å². The zero-order valence-electron chi connectivity index (χ0n) is 13.2. The van der Waals surface area contributed by atoms with E-state index in [1.807, 2.05) is 19.1 Å². The summed E-state index contributed by atoms with van der Waals surface area (Å²) in [5, 5.41) is 0. The number of rotatable bonds is 5. The van der Waals surface area contributed by atoms with Crippen molar-refractivity contribution in [3.05, 3.63) is 29.3 Å². The maximum atomic E-state index is 12.6. The predicted octanol–water partition coefficient (Wildman–Crippen LogP) is 2.83. The standard InChI is InChI=1S/C16H26N2O2S/c1-12(2)8-10-21(19,20)18-9-4-5-15-11-14(13(3)17)6-7-16(15)18/h6-7,11-13H,4-5,8-10,17H2,1-3H3. The highest BCUT2D eigenvalue weighted by atomic mass is 32.2. The Hall–Kier alpha value is -1.07. The summed E-state index contributed by atoms with van der Waals surface area (Å²) in [6.45, 7) is 6.63. The summed E-state index contributed by atoms with van der Waals surface area (Å²) in [7, 11) is -3.22. The van der Waals surface area contributed by atoms with Crippen LogP contribution in [0, 0.1) is 5.92 Å². The molecule has 0 spiro atoms. The van der Waals surface area contributed by atoms with E-state index in [9.17, 15) is 8.42 Å². The molecule has 1 atom stereocenters. The molecule has 1 aliphatic rings. The predicted molar refractivity (Wildman–Crippen MR) is 88.0 cm³/mol. The molecule has 1 unspecified atom stereocenters. The highest BCUT2D eigenvalue weighted by Gasteiger charge is 2.27. The van der Waals surface area contributed by atoms with E-state index in [2.05, 4.69) is 19.9 Å². The molecule has 0 fully saturated rings. The summed E-state index contributed by atoms with van der Waals surface area (Å²) < 4.78 is 26.7. The van der Waals surface area contributed by atoms with Gasteiger partial charge in [0.1, 0.15) is 0 Å². The van der Waals surface area contributed by atoms with E-state index in [1.165, 1.54) is 0 Å². The molecule has 0 aromatic heterocycles. The molecule has 0 amide bonds. The minimum Gasteiger partial charge on any atom is -0.324 e. The number of nitrogens with two attached hydrogens (primary N) is 1. The Morgan fingerprint density at radius 3 is 2.62 bits per heavy atom. The van der Waals surface area contributed by atoms with Crippen molar-refractivity contribution in [2.24, 2.45) is 11.7 Å². The van der Waals surface area contributed by atoms with Crippen LogP contribution in [0.5, 0.6) is 0 Å². The summed E-state index contributed by atoms with van der Waals surface area (Å²) in [6, 6.07) is 5.90.